The van der Waals surface area contributed by atoms with Crippen LogP contribution in [0.1, 0.15) is 10.5 Å². The zero-order valence-electron chi connectivity index (χ0n) is 13.9. The normalized spacial score (nSPS) is 10.3. The van der Waals surface area contributed by atoms with Crippen LogP contribution in [-0.2, 0) is 9.59 Å². The number of benzene rings is 2. The van der Waals surface area contributed by atoms with Gasteiger partial charge < -0.3 is 20.9 Å². The van der Waals surface area contributed by atoms with Crippen molar-refractivity contribution >= 4 is 34.3 Å². The smallest absolute Gasteiger partial charge is 0.313 e. The van der Waals surface area contributed by atoms with Crippen molar-refractivity contribution in [2.45, 2.75) is 0 Å². The number of hydrogen-bond acceptors (Lipinski definition) is 3. The first kappa shape index (κ1) is 17.2. The molecular weight excluding hydrogens is 332 g/mol. The molecule has 1 heterocycles. The average molecular weight is 350 g/mol. The van der Waals surface area contributed by atoms with Gasteiger partial charge in [0.25, 0.3) is 5.91 Å². The third-order valence-electron chi connectivity index (χ3n) is 3.71. The van der Waals surface area contributed by atoms with Crippen molar-refractivity contribution in [1.29, 1.82) is 0 Å². The van der Waals surface area contributed by atoms with Crippen molar-refractivity contribution in [3.63, 3.8) is 0 Å². The number of aromatic amines is 1. The molecule has 3 amide bonds. The fourth-order valence-corrected chi connectivity index (χ4v) is 2.43. The number of fused-ring (bicyclic) bond motifs is 1. The van der Waals surface area contributed by atoms with Gasteiger partial charge in [-0.25, -0.2) is 0 Å². The van der Waals surface area contributed by atoms with E-state index >= 15 is 0 Å². The van der Waals surface area contributed by atoms with Crippen LogP contribution >= 0.6 is 0 Å². The quantitative estimate of drug-likeness (QED) is 0.415. The van der Waals surface area contributed by atoms with Crippen LogP contribution in [0.25, 0.3) is 10.9 Å². The second-order valence-electron chi connectivity index (χ2n) is 5.60. The Kier molecular flexibility index (Phi) is 5.28. The lowest BCUT2D eigenvalue weighted by Crippen LogP contribution is -2.40. The van der Waals surface area contributed by atoms with E-state index in [-0.39, 0.29) is 19.0 Å². The van der Waals surface area contributed by atoms with Gasteiger partial charge in [-0.1, -0.05) is 36.4 Å². The summed E-state index contributed by atoms with van der Waals surface area (Å²) in [6, 6.07) is 18.0. The first-order valence-corrected chi connectivity index (χ1v) is 8.13. The van der Waals surface area contributed by atoms with Crippen LogP contribution in [0.4, 0.5) is 5.69 Å². The predicted molar refractivity (Wildman–Crippen MR) is 98.7 cm³/mol. The fraction of sp³-hybridized carbons (Fsp3) is 0.105. The summed E-state index contributed by atoms with van der Waals surface area (Å²) in [4.78, 5) is 38.6. The van der Waals surface area contributed by atoms with E-state index in [1.54, 1.807) is 30.3 Å². The summed E-state index contributed by atoms with van der Waals surface area (Å²) in [6.07, 6.45) is 0. The molecule has 26 heavy (non-hydrogen) atoms. The Labute approximate surface area is 149 Å². The van der Waals surface area contributed by atoms with Gasteiger partial charge in [0.1, 0.15) is 5.69 Å². The molecule has 2 aromatic carbocycles. The molecule has 4 N–H and O–H groups in total. The third kappa shape index (κ3) is 4.27. The minimum atomic E-state index is -0.756. The highest BCUT2D eigenvalue weighted by molar-refractivity contribution is 6.39. The maximum absolute atomic E-state index is 12.1. The van der Waals surface area contributed by atoms with Gasteiger partial charge in [-0.05, 0) is 24.3 Å². The van der Waals surface area contributed by atoms with Crippen LogP contribution in [0.2, 0.25) is 0 Å². The minimum Gasteiger partial charge on any atom is -0.351 e. The summed E-state index contributed by atoms with van der Waals surface area (Å²) >= 11 is 0. The van der Waals surface area contributed by atoms with Gasteiger partial charge in [-0.2, -0.15) is 0 Å². The Morgan fingerprint density at radius 2 is 1.50 bits per heavy atom. The third-order valence-corrected chi connectivity index (χ3v) is 3.71. The molecule has 1 aromatic heterocycles. The van der Waals surface area contributed by atoms with Crippen molar-refractivity contribution in [3.05, 3.63) is 66.4 Å². The van der Waals surface area contributed by atoms with E-state index < -0.39 is 11.8 Å². The number of nitrogens with one attached hydrogen (secondary N) is 4. The summed E-state index contributed by atoms with van der Waals surface area (Å²) in [5.41, 5.74) is 1.86. The molecule has 0 fully saturated rings. The summed E-state index contributed by atoms with van der Waals surface area (Å²) in [7, 11) is 0. The maximum atomic E-state index is 12.1. The topological polar surface area (TPSA) is 103 Å². The summed E-state index contributed by atoms with van der Waals surface area (Å²) < 4.78 is 0. The second-order valence-corrected chi connectivity index (χ2v) is 5.60. The summed E-state index contributed by atoms with van der Waals surface area (Å²) in [5, 5.41) is 8.58. The zero-order chi connectivity index (χ0) is 18.4. The van der Waals surface area contributed by atoms with Gasteiger partial charge >= 0.3 is 11.8 Å². The average Bonchev–Trinajstić information content (AvgIpc) is 3.10. The fourth-order valence-electron chi connectivity index (χ4n) is 2.43. The van der Waals surface area contributed by atoms with Gasteiger partial charge in [0.15, 0.2) is 0 Å². The first-order chi connectivity index (χ1) is 12.6. The van der Waals surface area contributed by atoms with Gasteiger partial charge in [-0.15, -0.1) is 0 Å². The highest BCUT2D eigenvalue weighted by Gasteiger charge is 2.13. The number of carbonyl (C=O) groups excluding carboxylic acids is 3. The zero-order valence-corrected chi connectivity index (χ0v) is 13.9. The lowest BCUT2D eigenvalue weighted by atomic mass is 10.2. The van der Waals surface area contributed by atoms with Crippen LogP contribution in [0.3, 0.4) is 0 Å². The molecule has 0 atom stereocenters. The Morgan fingerprint density at radius 1 is 0.808 bits per heavy atom. The number of aromatic nitrogens is 1. The van der Waals surface area contributed by atoms with Crippen molar-refractivity contribution in [2.24, 2.45) is 0 Å². The Morgan fingerprint density at radius 3 is 2.27 bits per heavy atom. The number of rotatable bonds is 5. The van der Waals surface area contributed by atoms with Gasteiger partial charge in [-0.3, -0.25) is 14.4 Å². The number of carbonyl (C=O) groups is 3. The molecule has 0 spiro atoms. The van der Waals surface area contributed by atoms with Crippen molar-refractivity contribution < 1.29 is 14.4 Å². The monoisotopic (exact) mass is 350 g/mol. The SMILES string of the molecule is O=C(NCCNC(=O)c1cc2ccccc2[nH]1)C(=O)Nc1ccccc1. The number of anilines is 1. The molecule has 0 bridgehead atoms. The van der Waals surface area contributed by atoms with E-state index in [1.165, 1.54) is 0 Å². The Hall–Kier alpha value is -3.61. The van der Waals surface area contributed by atoms with Crippen molar-refractivity contribution in [3.8, 4) is 0 Å². The molecule has 7 heteroatoms. The number of H-pyrrole nitrogens is 1. The molecular formula is C19H18N4O3. The van der Waals surface area contributed by atoms with Crippen molar-refractivity contribution in [1.82, 2.24) is 15.6 Å². The summed E-state index contributed by atoms with van der Waals surface area (Å²) in [6.45, 7) is 0.353. The molecule has 132 valence electrons. The molecule has 0 aliphatic rings. The standard InChI is InChI=1S/C19H18N4O3/c24-17(16-12-13-6-4-5-9-15(13)23-16)20-10-11-21-18(25)19(26)22-14-7-2-1-3-8-14/h1-9,12,23H,10-11H2,(H,20,24)(H,21,25)(H,22,26). The molecule has 0 saturated carbocycles. The van der Waals surface area contributed by atoms with Crippen molar-refractivity contribution in [2.75, 3.05) is 18.4 Å². The van der Waals surface area contributed by atoms with Crippen LogP contribution in [0, 0.1) is 0 Å². The van der Waals surface area contributed by atoms with E-state index in [2.05, 4.69) is 20.9 Å². The number of hydrogen-bond donors (Lipinski definition) is 4. The highest BCUT2D eigenvalue weighted by Crippen LogP contribution is 2.14. The molecule has 7 nitrogen and oxygen atoms in total. The highest BCUT2D eigenvalue weighted by atomic mass is 16.2. The van der Waals surface area contributed by atoms with E-state index in [1.807, 2.05) is 30.3 Å². The second kappa shape index (κ2) is 7.98. The molecule has 0 saturated heterocycles. The van der Waals surface area contributed by atoms with Crippen LogP contribution in [0.15, 0.2) is 60.7 Å². The Bertz CT molecular complexity index is 901. The lowest BCUT2D eigenvalue weighted by molar-refractivity contribution is -0.136. The van der Waals surface area contributed by atoms with Crippen LogP contribution in [-0.4, -0.2) is 35.8 Å². The van der Waals surface area contributed by atoms with E-state index in [9.17, 15) is 14.4 Å². The van der Waals surface area contributed by atoms with E-state index in [0.29, 0.717) is 11.4 Å². The molecule has 0 radical (unpaired) electrons. The number of amides is 3. The van der Waals surface area contributed by atoms with Gasteiger partial charge in [0, 0.05) is 29.7 Å². The first-order valence-electron chi connectivity index (χ1n) is 8.13. The summed E-state index contributed by atoms with van der Waals surface area (Å²) in [5.74, 6) is -1.78. The van der Waals surface area contributed by atoms with E-state index in [4.69, 9.17) is 0 Å². The molecule has 3 aromatic rings. The maximum Gasteiger partial charge on any atom is 0.313 e. The molecule has 0 aliphatic carbocycles. The Balaban J connectivity index is 1.42. The van der Waals surface area contributed by atoms with Crippen LogP contribution < -0.4 is 16.0 Å². The molecule has 0 unspecified atom stereocenters. The molecule has 3 rings (SSSR count). The minimum absolute atomic E-state index is 0.146. The number of para-hydroxylation sites is 2. The van der Waals surface area contributed by atoms with Gasteiger partial charge in [0.05, 0.1) is 0 Å². The molecule has 0 aliphatic heterocycles. The predicted octanol–water partition coefficient (Wildman–Crippen LogP) is 1.65. The van der Waals surface area contributed by atoms with E-state index in [0.717, 1.165) is 10.9 Å². The largest absolute Gasteiger partial charge is 0.351 e. The lowest BCUT2D eigenvalue weighted by Gasteiger charge is -2.07. The van der Waals surface area contributed by atoms with Crippen LogP contribution in [0.5, 0.6) is 0 Å². The van der Waals surface area contributed by atoms with Gasteiger partial charge in [0.2, 0.25) is 0 Å².